The van der Waals surface area contributed by atoms with Crippen LogP contribution in [0.4, 0.5) is 0 Å². The molecule has 3 heteroatoms. The summed E-state index contributed by atoms with van der Waals surface area (Å²) in [5.41, 5.74) is 2.07. The van der Waals surface area contributed by atoms with Crippen LogP contribution in [0.2, 0.25) is 0 Å². The number of fused-ring (bicyclic) bond motifs is 1. The Bertz CT molecular complexity index is 435. The lowest BCUT2D eigenvalue weighted by molar-refractivity contribution is -0.140. The molecule has 0 amide bonds. The van der Waals surface area contributed by atoms with Crippen molar-refractivity contribution < 1.29 is 14.6 Å². The molecule has 1 aromatic rings. The summed E-state index contributed by atoms with van der Waals surface area (Å²) in [6, 6.07) is 6.08. The van der Waals surface area contributed by atoms with Crippen LogP contribution in [0.15, 0.2) is 18.2 Å². The fraction of sp³-hybridized carbons (Fsp3) is 0.500. The number of aryl methyl sites for hydroxylation is 2. The maximum Gasteiger partial charge on any atom is 0.307 e. The van der Waals surface area contributed by atoms with Gasteiger partial charge in [0, 0.05) is 0 Å². The van der Waals surface area contributed by atoms with E-state index in [9.17, 15) is 4.79 Å². The van der Waals surface area contributed by atoms with Gasteiger partial charge in [-0.1, -0.05) is 6.07 Å². The van der Waals surface area contributed by atoms with E-state index in [2.05, 4.69) is 6.07 Å². The molecule has 0 bridgehead atoms. The average Bonchev–Trinajstić information content (AvgIpc) is 2.61. The first-order chi connectivity index (χ1) is 7.96. The highest BCUT2D eigenvalue weighted by atomic mass is 16.5. The van der Waals surface area contributed by atoms with E-state index in [-0.39, 0.29) is 6.42 Å². The zero-order valence-corrected chi connectivity index (χ0v) is 10.3. The van der Waals surface area contributed by atoms with E-state index < -0.39 is 11.6 Å². The molecule has 1 N–H and O–H groups in total. The van der Waals surface area contributed by atoms with Crippen molar-refractivity contribution in [3.63, 3.8) is 0 Å². The first-order valence-electron chi connectivity index (χ1n) is 5.99. The van der Waals surface area contributed by atoms with Gasteiger partial charge in [-0.3, -0.25) is 4.79 Å². The van der Waals surface area contributed by atoms with E-state index in [1.807, 2.05) is 12.1 Å². The minimum Gasteiger partial charge on any atom is -0.487 e. The van der Waals surface area contributed by atoms with Crippen LogP contribution < -0.4 is 4.74 Å². The molecule has 0 saturated heterocycles. The van der Waals surface area contributed by atoms with Gasteiger partial charge in [-0.15, -0.1) is 0 Å². The Labute approximate surface area is 101 Å². The molecule has 0 heterocycles. The normalized spacial score (nSPS) is 14.5. The Morgan fingerprint density at radius 2 is 2.06 bits per heavy atom. The maximum atomic E-state index is 10.7. The van der Waals surface area contributed by atoms with E-state index in [1.54, 1.807) is 13.8 Å². The molecule has 2 rings (SSSR count). The van der Waals surface area contributed by atoms with Gasteiger partial charge in [0.2, 0.25) is 0 Å². The first-order valence-corrected chi connectivity index (χ1v) is 5.99. The summed E-state index contributed by atoms with van der Waals surface area (Å²) in [5, 5.41) is 8.80. The molecule has 92 valence electrons. The zero-order chi connectivity index (χ0) is 12.5. The number of ether oxygens (including phenoxy) is 1. The molecule has 1 aliphatic rings. The van der Waals surface area contributed by atoms with Crippen molar-refractivity contribution in [1.29, 1.82) is 0 Å². The van der Waals surface area contributed by atoms with Crippen LogP contribution in [0.5, 0.6) is 5.75 Å². The number of benzene rings is 1. The number of hydrogen-bond acceptors (Lipinski definition) is 2. The number of aliphatic carboxylic acids is 1. The number of carbonyl (C=O) groups is 1. The molecule has 1 aliphatic carbocycles. The minimum absolute atomic E-state index is 0.00405. The summed E-state index contributed by atoms with van der Waals surface area (Å²) in [5.74, 6) is -0.0620. The number of rotatable bonds is 4. The molecule has 1 aromatic carbocycles. The maximum absolute atomic E-state index is 10.7. The Kier molecular flexibility index (Phi) is 3.09. The monoisotopic (exact) mass is 234 g/mol. The average molecular weight is 234 g/mol. The van der Waals surface area contributed by atoms with Crippen molar-refractivity contribution in [2.45, 2.75) is 45.1 Å². The third kappa shape index (κ3) is 2.99. The van der Waals surface area contributed by atoms with Gasteiger partial charge in [0.05, 0.1) is 6.42 Å². The Morgan fingerprint density at radius 1 is 1.35 bits per heavy atom. The van der Waals surface area contributed by atoms with E-state index in [4.69, 9.17) is 9.84 Å². The quantitative estimate of drug-likeness (QED) is 0.871. The van der Waals surface area contributed by atoms with Crippen LogP contribution in [0.25, 0.3) is 0 Å². The summed E-state index contributed by atoms with van der Waals surface area (Å²) in [7, 11) is 0. The Balaban J connectivity index is 2.11. The van der Waals surface area contributed by atoms with Crippen LogP contribution in [-0.2, 0) is 17.6 Å². The fourth-order valence-electron chi connectivity index (χ4n) is 2.33. The van der Waals surface area contributed by atoms with Crippen molar-refractivity contribution in [2.24, 2.45) is 0 Å². The molecule has 0 aromatic heterocycles. The van der Waals surface area contributed by atoms with Gasteiger partial charge in [0.15, 0.2) is 0 Å². The van der Waals surface area contributed by atoms with Crippen molar-refractivity contribution >= 4 is 5.97 Å². The molecule has 0 unspecified atom stereocenters. The van der Waals surface area contributed by atoms with E-state index in [1.165, 1.54) is 17.5 Å². The third-order valence-corrected chi connectivity index (χ3v) is 3.04. The van der Waals surface area contributed by atoms with Gasteiger partial charge in [0.25, 0.3) is 0 Å². The summed E-state index contributed by atoms with van der Waals surface area (Å²) in [6.45, 7) is 3.60. The minimum atomic E-state index is -0.837. The first kappa shape index (κ1) is 12.0. The topological polar surface area (TPSA) is 46.5 Å². The van der Waals surface area contributed by atoms with Crippen LogP contribution in [0, 0.1) is 0 Å². The molecule has 3 nitrogen and oxygen atoms in total. The highest BCUT2D eigenvalue weighted by Crippen LogP contribution is 2.28. The van der Waals surface area contributed by atoms with Crippen LogP contribution in [-0.4, -0.2) is 16.7 Å². The molecular weight excluding hydrogens is 216 g/mol. The predicted octanol–water partition coefficient (Wildman–Crippen LogP) is 2.81. The van der Waals surface area contributed by atoms with E-state index in [0.717, 1.165) is 18.6 Å². The summed E-state index contributed by atoms with van der Waals surface area (Å²) < 4.78 is 5.76. The van der Waals surface area contributed by atoms with Gasteiger partial charge in [0.1, 0.15) is 11.4 Å². The van der Waals surface area contributed by atoms with Crippen LogP contribution >= 0.6 is 0 Å². The molecule has 0 saturated carbocycles. The number of carboxylic acid groups (broad SMARTS) is 1. The lowest BCUT2D eigenvalue weighted by Gasteiger charge is -2.25. The van der Waals surface area contributed by atoms with Crippen LogP contribution in [0.3, 0.4) is 0 Å². The second-order valence-corrected chi connectivity index (χ2v) is 5.22. The van der Waals surface area contributed by atoms with Gasteiger partial charge < -0.3 is 9.84 Å². The lowest BCUT2D eigenvalue weighted by atomic mass is 10.0. The number of hydrogen-bond donors (Lipinski definition) is 1. The Morgan fingerprint density at radius 3 is 2.76 bits per heavy atom. The van der Waals surface area contributed by atoms with Crippen molar-refractivity contribution in [3.05, 3.63) is 29.3 Å². The highest BCUT2D eigenvalue weighted by molar-refractivity contribution is 5.68. The fourth-order valence-corrected chi connectivity index (χ4v) is 2.33. The molecule has 0 spiro atoms. The smallest absolute Gasteiger partial charge is 0.307 e. The third-order valence-electron chi connectivity index (χ3n) is 3.04. The van der Waals surface area contributed by atoms with Gasteiger partial charge in [-0.2, -0.15) is 0 Å². The SMILES string of the molecule is CC(C)(CC(=O)O)Oc1ccc2c(c1)CCC2. The highest BCUT2D eigenvalue weighted by Gasteiger charge is 2.24. The van der Waals surface area contributed by atoms with Crippen LogP contribution in [0.1, 0.15) is 37.8 Å². The second kappa shape index (κ2) is 4.40. The van der Waals surface area contributed by atoms with Crippen molar-refractivity contribution in [3.8, 4) is 5.75 Å². The lowest BCUT2D eigenvalue weighted by Crippen LogP contribution is -2.31. The number of carboxylic acids is 1. The molecular formula is C14H18O3. The van der Waals surface area contributed by atoms with Crippen molar-refractivity contribution in [2.75, 3.05) is 0 Å². The molecule has 17 heavy (non-hydrogen) atoms. The zero-order valence-electron chi connectivity index (χ0n) is 10.3. The van der Waals surface area contributed by atoms with Crippen molar-refractivity contribution in [1.82, 2.24) is 0 Å². The predicted molar refractivity (Wildman–Crippen MR) is 65.4 cm³/mol. The van der Waals surface area contributed by atoms with E-state index >= 15 is 0 Å². The van der Waals surface area contributed by atoms with Gasteiger partial charge >= 0.3 is 5.97 Å². The van der Waals surface area contributed by atoms with Gasteiger partial charge in [-0.05, 0) is 56.4 Å². The van der Waals surface area contributed by atoms with Gasteiger partial charge in [-0.25, -0.2) is 0 Å². The Hall–Kier alpha value is -1.51. The standard InChI is InChI=1S/C14H18O3/c1-14(2,9-13(15)16)17-12-7-6-10-4-3-5-11(10)8-12/h6-8H,3-5,9H2,1-2H3,(H,15,16). The van der Waals surface area contributed by atoms with E-state index in [0.29, 0.717) is 0 Å². The molecule has 0 aliphatic heterocycles. The largest absolute Gasteiger partial charge is 0.487 e. The second-order valence-electron chi connectivity index (χ2n) is 5.22. The molecule has 0 radical (unpaired) electrons. The molecule has 0 atom stereocenters. The summed E-state index contributed by atoms with van der Waals surface area (Å²) in [4.78, 5) is 10.7. The molecule has 0 fully saturated rings. The summed E-state index contributed by atoms with van der Waals surface area (Å²) >= 11 is 0. The summed E-state index contributed by atoms with van der Waals surface area (Å²) in [6.07, 6.45) is 3.46.